The van der Waals surface area contributed by atoms with E-state index in [4.69, 9.17) is 11.6 Å². The minimum atomic E-state index is -1.16. The Kier molecular flexibility index (Phi) is 4.03. The average molecular weight is 364 g/mol. The van der Waals surface area contributed by atoms with E-state index in [9.17, 15) is 9.50 Å². The first-order chi connectivity index (χ1) is 11.6. The summed E-state index contributed by atoms with van der Waals surface area (Å²) in [5, 5.41) is 13.2. The van der Waals surface area contributed by atoms with Gasteiger partial charge in [0.05, 0.1) is 6.54 Å². The van der Waals surface area contributed by atoms with Gasteiger partial charge in [-0.1, -0.05) is 11.6 Å². The highest BCUT2D eigenvalue weighted by Crippen LogP contribution is 2.37. The van der Waals surface area contributed by atoms with Gasteiger partial charge in [0.25, 0.3) is 5.72 Å². The fraction of sp³-hybridized carbons (Fsp3) is 0.278. The van der Waals surface area contributed by atoms with Crippen molar-refractivity contribution in [2.24, 2.45) is 0 Å². The summed E-state index contributed by atoms with van der Waals surface area (Å²) >= 11 is 7.74. The molecule has 6 heteroatoms. The van der Waals surface area contributed by atoms with E-state index in [0.717, 1.165) is 29.6 Å². The second-order valence-corrected chi connectivity index (χ2v) is 7.52. The Bertz CT molecular complexity index is 794. The Morgan fingerprint density at radius 3 is 2.54 bits per heavy atom. The lowest BCUT2D eigenvalue weighted by atomic mass is 10.0. The van der Waals surface area contributed by atoms with Crippen molar-refractivity contribution in [3.8, 4) is 0 Å². The average Bonchev–Trinajstić information content (AvgIpc) is 2.91. The van der Waals surface area contributed by atoms with Crippen molar-refractivity contribution in [3.63, 3.8) is 0 Å². The highest BCUT2D eigenvalue weighted by molar-refractivity contribution is 8.13. The van der Waals surface area contributed by atoms with Gasteiger partial charge in [-0.25, -0.2) is 13.9 Å². The molecule has 2 aromatic rings. The zero-order valence-electron chi connectivity index (χ0n) is 13.0. The van der Waals surface area contributed by atoms with Crippen LogP contribution in [0.15, 0.2) is 48.5 Å². The molecule has 2 aromatic carbocycles. The summed E-state index contributed by atoms with van der Waals surface area (Å²) in [6.45, 7) is 1.18. The smallest absolute Gasteiger partial charge is 0.316 e. The number of rotatable bonds is 2. The van der Waals surface area contributed by atoms with Crippen molar-refractivity contribution in [3.05, 3.63) is 64.9 Å². The predicted molar refractivity (Wildman–Crippen MR) is 96.3 cm³/mol. The van der Waals surface area contributed by atoms with Gasteiger partial charge in [0.15, 0.2) is 6.54 Å². The van der Waals surface area contributed by atoms with E-state index >= 15 is 0 Å². The maximum atomic E-state index is 13.3. The summed E-state index contributed by atoms with van der Waals surface area (Å²) in [6, 6.07) is 13.7. The molecule has 2 aliphatic rings. The second kappa shape index (κ2) is 6.06. The van der Waals surface area contributed by atoms with Crippen LogP contribution < -0.4 is 4.90 Å². The van der Waals surface area contributed by atoms with Crippen LogP contribution in [0.1, 0.15) is 12.0 Å². The van der Waals surface area contributed by atoms with Crippen LogP contribution in [-0.4, -0.2) is 33.7 Å². The van der Waals surface area contributed by atoms with Crippen LogP contribution in [0.5, 0.6) is 0 Å². The zero-order chi connectivity index (χ0) is 16.7. The van der Waals surface area contributed by atoms with Crippen molar-refractivity contribution in [2.45, 2.75) is 12.1 Å². The molecule has 0 radical (unpaired) electrons. The van der Waals surface area contributed by atoms with Gasteiger partial charge in [-0.05, 0) is 66.7 Å². The highest BCUT2D eigenvalue weighted by Gasteiger charge is 2.53. The normalized spacial score (nSPS) is 23.5. The van der Waals surface area contributed by atoms with Crippen molar-refractivity contribution in [1.29, 1.82) is 0 Å². The number of thioether (sulfide) groups is 1. The Hall–Kier alpha value is -1.56. The van der Waals surface area contributed by atoms with Gasteiger partial charge >= 0.3 is 5.17 Å². The number of hydrogen-bond acceptors (Lipinski definition) is 3. The molecular weight excluding hydrogens is 347 g/mol. The monoisotopic (exact) mass is 363 g/mol. The molecule has 0 aliphatic carbocycles. The Labute approximate surface area is 149 Å². The third-order valence-corrected chi connectivity index (χ3v) is 5.93. The molecule has 0 saturated carbocycles. The van der Waals surface area contributed by atoms with Crippen molar-refractivity contribution < 1.29 is 14.1 Å². The van der Waals surface area contributed by atoms with Crippen LogP contribution in [0.4, 0.5) is 10.1 Å². The van der Waals surface area contributed by atoms with Gasteiger partial charge in [-0.2, -0.15) is 0 Å². The summed E-state index contributed by atoms with van der Waals surface area (Å²) in [6.07, 6.45) is 1.01. The lowest BCUT2D eigenvalue weighted by Gasteiger charge is -2.24. The third-order valence-electron chi connectivity index (χ3n) is 4.49. The number of anilines is 1. The summed E-state index contributed by atoms with van der Waals surface area (Å²) in [5.74, 6) is 0.724. The van der Waals surface area contributed by atoms with E-state index in [1.54, 1.807) is 23.9 Å². The summed E-state index contributed by atoms with van der Waals surface area (Å²) < 4.78 is 15.3. The Morgan fingerprint density at radius 2 is 1.83 bits per heavy atom. The number of hydrogen-bond donors (Lipinski definition) is 1. The molecule has 4 rings (SSSR count). The SMILES string of the molecule is OC1(c2ccc(F)cc2)CN(c2ccc(Cl)cc2)C2=[N+]1CCCS2. The van der Waals surface area contributed by atoms with E-state index in [2.05, 4.69) is 4.90 Å². The van der Waals surface area contributed by atoms with E-state index in [-0.39, 0.29) is 5.82 Å². The first-order valence-corrected chi connectivity index (χ1v) is 9.23. The molecule has 0 amide bonds. The fourth-order valence-corrected chi connectivity index (χ4v) is 4.59. The molecule has 2 aliphatic heterocycles. The number of benzene rings is 2. The quantitative estimate of drug-likeness (QED) is 0.825. The van der Waals surface area contributed by atoms with E-state index < -0.39 is 5.72 Å². The molecule has 0 bridgehead atoms. The van der Waals surface area contributed by atoms with E-state index in [1.165, 1.54) is 12.1 Å². The number of halogens is 2. The summed E-state index contributed by atoms with van der Waals surface area (Å²) in [7, 11) is 0. The maximum absolute atomic E-state index is 13.3. The van der Waals surface area contributed by atoms with E-state index in [0.29, 0.717) is 17.1 Å². The van der Waals surface area contributed by atoms with Gasteiger partial charge in [0.1, 0.15) is 11.5 Å². The minimum Gasteiger partial charge on any atom is -0.346 e. The lowest BCUT2D eigenvalue weighted by molar-refractivity contribution is -0.656. The second-order valence-electron chi connectivity index (χ2n) is 6.02. The van der Waals surface area contributed by atoms with E-state index in [1.807, 2.05) is 28.8 Å². The molecule has 2 heterocycles. The third kappa shape index (κ3) is 2.61. The van der Waals surface area contributed by atoms with Crippen molar-refractivity contribution >= 4 is 34.2 Å². The highest BCUT2D eigenvalue weighted by atomic mass is 35.5. The molecule has 0 aromatic heterocycles. The summed E-state index contributed by atoms with van der Waals surface area (Å²) in [4.78, 5) is 2.11. The molecule has 0 saturated heterocycles. The zero-order valence-corrected chi connectivity index (χ0v) is 14.5. The number of aliphatic hydroxyl groups is 1. The molecule has 3 nitrogen and oxygen atoms in total. The van der Waals surface area contributed by atoms with Crippen LogP contribution in [0, 0.1) is 5.82 Å². The Balaban J connectivity index is 1.78. The number of nitrogens with zero attached hydrogens (tertiary/aromatic N) is 2. The first kappa shape index (κ1) is 15.9. The maximum Gasteiger partial charge on any atom is 0.316 e. The number of β-amino-alcohol motifs (C(OH)–C–C–N with tert-alkyl or cyclic N) is 1. The van der Waals surface area contributed by atoms with Gasteiger partial charge in [0, 0.05) is 16.3 Å². The molecular formula is C18H17ClFN2OS+. The van der Waals surface area contributed by atoms with Crippen molar-refractivity contribution in [1.82, 2.24) is 0 Å². The summed E-state index contributed by atoms with van der Waals surface area (Å²) in [5.41, 5.74) is 0.544. The van der Waals surface area contributed by atoms with Gasteiger partial charge in [0.2, 0.25) is 0 Å². The van der Waals surface area contributed by atoms with Gasteiger partial charge < -0.3 is 5.11 Å². The fourth-order valence-electron chi connectivity index (χ4n) is 3.29. The Morgan fingerprint density at radius 1 is 1.12 bits per heavy atom. The van der Waals surface area contributed by atoms with Gasteiger partial charge in [-0.15, -0.1) is 0 Å². The first-order valence-electron chi connectivity index (χ1n) is 7.87. The molecule has 1 atom stereocenters. The van der Waals surface area contributed by atoms with Crippen LogP contribution >= 0.6 is 23.4 Å². The molecule has 0 fully saturated rings. The lowest BCUT2D eigenvalue weighted by Crippen LogP contribution is -2.41. The van der Waals surface area contributed by atoms with Crippen LogP contribution in [0.25, 0.3) is 0 Å². The standard InChI is InChI=1S/C18H17ClFN2OS/c19-14-4-8-16(9-5-14)21-12-18(23,13-2-6-15(20)7-3-13)22-10-1-11-24-17(21)22/h2-9,23H,1,10-12H2/q+1. The molecule has 0 spiro atoms. The molecule has 124 valence electrons. The van der Waals surface area contributed by atoms with Crippen molar-refractivity contribution in [2.75, 3.05) is 23.7 Å². The predicted octanol–water partition coefficient (Wildman–Crippen LogP) is 3.65. The van der Waals surface area contributed by atoms with Crippen LogP contribution in [-0.2, 0) is 5.72 Å². The van der Waals surface area contributed by atoms with Gasteiger partial charge in [-0.3, -0.25) is 0 Å². The molecule has 1 N–H and O–H groups in total. The van der Waals surface area contributed by atoms with Crippen LogP contribution in [0.2, 0.25) is 5.02 Å². The molecule has 24 heavy (non-hydrogen) atoms. The number of amidine groups is 1. The van der Waals surface area contributed by atoms with Crippen LogP contribution in [0.3, 0.4) is 0 Å². The molecule has 1 unspecified atom stereocenters. The minimum absolute atomic E-state index is 0.299. The largest absolute Gasteiger partial charge is 0.346 e. The topological polar surface area (TPSA) is 26.5 Å².